The number of nitrogens with one attached hydrogen (secondary N) is 3. The molecule has 0 spiro atoms. The fourth-order valence-corrected chi connectivity index (χ4v) is 4.08. The third kappa shape index (κ3) is 5.91. The molecule has 9 heteroatoms. The van der Waals surface area contributed by atoms with Gasteiger partial charge in [0.1, 0.15) is 18.5 Å². The van der Waals surface area contributed by atoms with Crippen LogP contribution in [0.25, 0.3) is 0 Å². The Kier molecular flexibility index (Phi) is 7.95. The number of fused-ring (bicyclic) bond motifs is 2. The lowest BCUT2D eigenvalue weighted by molar-refractivity contribution is -0.134. The number of benzene rings is 1. The number of ether oxygens (including phenoxy) is 2. The second kappa shape index (κ2) is 10.7. The summed E-state index contributed by atoms with van der Waals surface area (Å²) >= 11 is 0. The molecule has 1 aromatic rings. The van der Waals surface area contributed by atoms with Crippen molar-refractivity contribution >= 4 is 23.5 Å². The van der Waals surface area contributed by atoms with Crippen LogP contribution in [0, 0.1) is 0 Å². The lowest BCUT2D eigenvalue weighted by Gasteiger charge is -2.42. The summed E-state index contributed by atoms with van der Waals surface area (Å²) in [6, 6.07) is 4.55. The Hall–Kier alpha value is -2.81. The van der Waals surface area contributed by atoms with Crippen molar-refractivity contribution < 1.29 is 23.9 Å². The smallest absolute Gasteiger partial charge is 0.319 e. The number of amides is 4. The summed E-state index contributed by atoms with van der Waals surface area (Å²) in [6.07, 6.45) is 2.12. The van der Waals surface area contributed by atoms with Gasteiger partial charge in [0, 0.05) is 25.3 Å². The summed E-state index contributed by atoms with van der Waals surface area (Å²) < 4.78 is 12.1. The third-order valence-electron chi connectivity index (χ3n) is 5.67. The van der Waals surface area contributed by atoms with E-state index < -0.39 is 0 Å². The maximum Gasteiger partial charge on any atom is 0.319 e. The zero-order valence-electron chi connectivity index (χ0n) is 19.3. The molecule has 4 amide bonds. The Labute approximate surface area is 189 Å². The fraction of sp³-hybridized carbons (Fsp3) is 0.609. The molecule has 2 aliphatic heterocycles. The molecule has 176 valence electrons. The SMILES string of the molecule is CCCNC(=O)C[C@@H]1CC[C@H]2[C@@H](COc3ccc(NC(=O)NC(C)C)cc3C(=O)N2C)O1. The standard InChI is InChI=1S/C23H34N4O5/c1-5-10-24-21(28)12-16-7-8-18-20(32-16)13-31-19-9-6-15(26-23(30)25-14(2)3)11-17(19)22(29)27(18)4/h6,9,11,14,16,18,20H,5,7-8,10,12-13H2,1-4H3,(H,24,28)(H2,25,26,30)/t16-,18-,20+/m0/s1. The van der Waals surface area contributed by atoms with E-state index in [-0.39, 0.29) is 48.7 Å². The quantitative estimate of drug-likeness (QED) is 0.622. The number of urea groups is 1. The number of carbonyl (C=O) groups is 3. The van der Waals surface area contributed by atoms with E-state index in [1.807, 2.05) is 20.8 Å². The minimum atomic E-state index is -0.331. The van der Waals surface area contributed by atoms with E-state index in [9.17, 15) is 14.4 Å². The second-order valence-corrected chi connectivity index (χ2v) is 8.69. The van der Waals surface area contributed by atoms with E-state index in [0.29, 0.717) is 36.4 Å². The maximum atomic E-state index is 13.2. The van der Waals surface area contributed by atoms with Gasteiger partial charge in [0.05, 0.1) is 24.1 Å². The van der Waals surface area contributed by atoms with Crippen molar-refractivity contribution in [1.82, 2.24) is 15.5 Å². The summed E-state index contributed by atoms with van der Waals surface area (Å²) in [5.41, 5.74) is 0.914. The lowest BCUT2D eigenvalue weighted by atomic mass is 9.94. The highest BCUT2D eigenvalue weighted by Gasteiger charge is 2.39. The highest BCUT2D eigenvalue weighted by molar-refractivity contribution is 5.99. The van der Waals surface area contributed by atoms with Crippen LogP contribution in [0.1, 0.15) is 56.8 Å². The minimum absolute atomic E-state index is 0.000203. The second-order valence-electron chi connectivity index (χ2n) is 8.69. The first-order chi connectivity index (χ1) is 15.3. The number of hydrogen-bond donors (Lipinski definition) is 3. The van der Waals surface area contributed by atoms with Gasteiger partial charge in [-0.25, -0.2) is 4.79 Å². The largest absolute Gasteiger partial charge is 0.490 e. The van der Waals surface area contributed by atoms with Gasteiger partial charge >= 0.3 is 6.03 Å². The lowest BCUT2D eigenvalue weighted by Crippen LogP contribution is -2.54. The van der Waals surface area contributed by atoms with Crippen molar-refractivity contribution in [2.24, 2.45) is 0 Å². The van der Waals surface area contributed by atoms with Gasteiger partial charge in [0.15, 0.2) is 0 Å². The number of rotatable bonds is 6. The predicted molar refractivity (Wildman–Crippen MR) is 121 cm³/mol. The Bertz CT molecular complexity index is 844. The zero-order valence-corrected chi connectivity index (χ0v) is 19.3. The zero-order chi connectivity index (χ0) is 23.3. The number of anilines is 1. The molecule has 3 rings (SSSR count). The highest BCUT2D eigenvalue weighted by atomic mass is 16.5. The minimum Gasteiger partial charge on any atom is -0.490 e. The first-order valence-corrected chi connectivity index (χ1v) is 11.3. The molecular formula is C23H34N4O5. The summed E-state index contributed by atoms with van der Waals surface area (Å²) in [5.74, 6) is 0.241. The third-order valence-corrected chi connectivity index (χ3v) is 5.67. The average molecular weight is 447 g/mol. The van der Waals surface area contributed by atoms with Gasteiger partial charge < -0.3 is 30.3 Å². The molecular weight excluding hydrogens is 412 g/mol. The molecule has 0 saturated carbocycles. The van der Waals surface area contributed by atoms with Crippen LogP contribution in [0.5, 0.6) is 5.75 Å². The van der Waals surface area contributed by atoms with E-state index in [0.717, 1.165) is 12.8 Å². The molecule has 32 heavy (non-hydrogen) atoms. The molecule has 3 atom stereocenters. The van der Waals surface area contributed by atoms with Crippen molar-refractivity contribution in [2.45, 2.75) is 70.7 Å². The van der Waals surface area contributed by atoms with Crippen LogP contribution < -0.4 is 20.7 Å². The number of nitrogens with zero attached hydrogens (tertiary/aromatic N) is 1. The van der Waals surface area contributed by atoms with Gasteiger partial charge in [-0.3, -0.25) is 9.59 Å². The molecule has 0 aliphatic carbocycles. The van der Waals surface area contributed by atoms with Crippen LogP contribution >= 0.6 is 0 Å². The summed E-state index contributed by atoms with van der Waals surface area (Å²) in [5, 5.41) is 8.39. The van der Waals surface area contributed by atoms with E-state index in [1.165, 1.54) is 0 Å². The van der Waals surface area contributed by atoms with E-state index in [4.69, 9.17) is 9.47 Å². The van der Waals surface area contributed by atoms with Gasteiger partial charge in [-0.05, 0) is 51.3 Å². The van der Waals surface area contributed by atoms with Gasteiger partial charge in [0.2, 0.25) is 5.91 Å². The van der Waals surface area contributed by atoms with Crippen molar-refractivity contribution in [3.8, 4) is 5.75 Å². The fourth-order valence-electron chi connectivity index (χ4n) is 4.08. The molecule has 0 aromatic heterocycles. The normalized spacial score (nSPS) is 22.7. The monoisotopic (exact) mass is 446 g/mol. The molecule has 2 heterocycles. The van der Waals surface area contributed by atoms with Gasteiger partial charge in [-0.1, -0.05) is 6.92 Å². The van der Waals surface area contributed by atoms with Crippen molar-refractivity contribution in [3.63, 3.8) is 0 Å². The van der Waals surface area contributed by atoms with E-state index in [1.54, 1.807) is 30.1 Å². The first-order valence-electron chi connectivity index (χ1n) is 11.3. The van der Waals surface area contributed by atoms with Crippen LogP contribution in [0.3, 0.4) is 0 Å². The predicted octanol–water partition coefficient (Wildman–Crippen LogP) is 2.51. The van der Waals surface area contributed by atoms with Crippen LogP contribution in [-0.4, -0.2) is 67.2 Å². The van der Waals surface area contributed by atoms with E-state index in [2.05, 4.69) is 16.0 Å². The molecule has 0 radical (unpaired) electrons. The highest BCUT2D eigenvalue weighted by Crippen LogP contribution is 2.32. The number of likely N-dealkylation sites (N-methyl/N-ethyl adjacent to an activating group) is 1. The molecule has 1 saturated heterocycles. The van der Waals surface area contributed by atoms with Gasteiger partial charge in [0.25, 0.3) is 5.91 Å². The molecule has 9 nitrogen and oxygen atoms in total. The van der Waals surface area contributed by atoms with Crippen molar-refractivity contribution in [1.29, 1.82) is 0 Å². The summed E-state index contributed by atoms with van der Waals surface area (Å²) in [4.78, 5) is 39.0. The van der Waals surface area contributed by atoms with Crippen LogP contribution in [0.4, 0.5) is 10.5 Å². The Morgan fingerprint density at radius 3 is 2.75 bits per heavy atom. The molecule has 3 N–H and O–H groups in total. The summed E-state index contributed by atoms with van der Waals surface area (Å²) in [7, 11) is 1.76. The summed E-state index contributed by atoms with van der Waals surface area (Å²) in [6.45, 7) is 6.69. The Morgan fingerprint density at radius 2 is 2.03 bits per heavy atom. The van der Waals surface area contributed by atoms with Gasteiger partial charge in [-0.2, -0.15) is 0 Å². The van der Waals surface area contributed by atoms with E-state index >= 15 is 0 Å². The topological polar surface area (TPSA) is 109 Å². The maximum absolute atomic E-state index is 13.2. The number of hydrogen-bond acceptors (Lipinski definition) is 5. The Morgan fingerprint density at radius 1 is 1.25 bits per heavy atom. The molecule has 2 aliphatic rings. The molecule has 0 unspecified atom stereocenters. The molecule has 1 aromatic carbocycles. The average Bonchev–Trinajstić information content (AvgIpc) is 2.74. The molecule has 0 bridgehead atoms. The Balaban J connectivity index is 1.70. The van der Waals surface area contributed by atoms with Crippen molar-refractivity contribution in [2.75, 3.05) is 25.5 Å². The van der Waals surface area contributed by atoms with Crippen molar-refractivity contribution in [3.05, 3.63) is 23.8 Å². The first kappa shape index (κ1) is 23.8. The van der Waals surface area contributed by atoms with Crippen LogP contribution in [0.15, 0.2) is 18.2 Å². The number of carbonyl (C=O) groups excluding carboxylic acids is 3. The van der Waals surface area contributed by atoms with Gasteiger partial charge in [-0.15, -0.1) is 0 Å². The molecule has 1 fully saturated rings. The van der Waals surface area contributed by atoms with Crippen LogP contribution in [-0.2, 0) is 9.53 Å². The van der Waals surface area contributed by atoms with Crippen LogP contribution in [0.2, 0.25) is 0 Å².